The molecule has 1 heterocycles. The van der Waals surface area contributed by atoms with Gasteiger partial charge in [-0.2, -0.15) is 0 Å². The lowest BCUT2D eigenvalue weighted by atomic mass is 10.1. The molecule has 0 radical (unpaired) electrons. The molecule has 1 aliphatic rings. The fourth-order valence-electron chi connectivity index (χ4n) is 2.28. The number of ether oxygens (including phenoxy) is 1. The summed E-state index contributed by atoms with van der Waals surface area (Å²) in [6.45, 7) is 6.49. The van der Waals surface area contributed by atoms with Crippen LogP contribution in [0.25, 0.3) is 0 Å². The van der Waals surface area contributed by atoms with Gasteiger partial charge in [0.1, 0.15) is 0 Å². The summed E-state index contributed by atoms with van der Waals surface area (Å²) in [6.07, 6.45) is 3.25. The molecule has 0 saturated carbocycles. The predicted octanol–water partition coefficient (Wildman–Crippen LogP) is 2.59. The Morgan fingerprint density at radius 1 is 1.40 bits per heavy atom. The summed E-state index contributed by atoms with van der Waals surface area (Å²) in [6, 6.07) is 5.89. The molecule has 2 rings (SSSR count). The van der Waals surface area contributed by atoms with Crippen LogP contribution in [0.2, 0.25) is 0 Å². The Labute approximate surface area is 120 Å². The van der Waals surface area contributed by atoms with E-state index in [0.29, 0.717) is 6.54 Å². The van der Waals surface area contributed by atoms with Crippen molar-refractivity contribution in [2.45, 2.75) is 39.2 Å². The summed E-state index contributed by atoms with van der Waals surface area (Å²) in [5.41, 5.74) is 3.13. The van der Waals surface area contributed by atoms with Crippen LogP contribution in [0.3, 0.4) is 0 Å². The first-order valence-corrected chi connectivity index (χ1v) is 7.43. The van der Waals surface area contributed by atoms with Gasteiger partial charge in [-0.1, -0.05) is 6.07 Å². The first-order valence-electron chi connectivity index (χ1n) is 7.43. The highest BCUT2D eigenvalue weighted by Crippen LogP contribution is 2.23. The average molecular weight is 276 g/mol. The van der Waals surface area contributed by atoms with Crippen LogP contribution in [-0.4, -0.2) is 31.7 Å². The van der Waals surface area contributed by atoms with E-state index in [2.05, 4.69) is 10.6 Å². The Balaban J connectivity index is 1.70. The van der Waals surface area contributed by atoms with E-state index in [1.165, 1.54) is 5.56 Å². The monoisotopic (exact) mass is 276 g/mol. The normalized spacial score (nSPS) is 13.2. The minimum absolute atomic E-state index is 0.00581. The van der Waals surface area contributed by atoms with Gasteiger partial charge in [-0.3, -0.25) is 4.79 Å². The smallest absolute Gasteiger partial charge is 0.251 e. The molecule has 0 unspecified atom stereocenters. The highest BCUT2D eigenvalue weighted by atomic mass is 16.5. The van der Waals surface area contributed by atoms with Crippen molar-refractivity contribution >= 4 is 11.6 Å². The largest absolute Gasteiger partial charge is 0.384 e. The van der Waals surface area contributed by atoms with Crippen molar-refractivity contribution in [3.8, 4) is 0 Å². The standard InChI is InChI=1S/C16H24N2O2/c1-12(2)20-10-4-3-8-18-16(19)14-6-5-13-7-9-17-15(13)11-14/h5-6,11-12,17H,3-4,7-10H2,1-2H3,(H,18,19). The Morgan fingerprint density at radius 2 is 2.25 bits per heavy atom. The molecule has 0 fully saturated rings. The van der Waals surface area contributed by atoms with E-state index in [1.54, 1.807) is 0 Å². The lowest BCUT2D eigenvalue weighted by Gasteiger charge is -2.09. The molecule has 1 aromatic rings. The fraction of sp³-hybridized carbons (Fsp3) is 0.562. The topological polar surface area (TPSA) is 50.4 Å². The van der Waals surface area contributed by atoms with Gasteiger partial charge in [0.05, 0.1) is 6.10 Å². The first-order chi connectivity index (χ1) is 9.66. The number of hydrogen-bond donors (Lipinski definition) is 2. The number of hydrogen-bond acceptors (Lipinski definition) is 3. The molecule has 4 heteroatoms. The Morgan fingerprint density at radius 3 is 3.05 bits per heavy atom. The maximum Gasteiger partial charge on any atom is 0.251 e. The second-order valence-corrected chi connectivity index (χ2v) is 5.43. The highest BCUT2D eigenvalue weighted by Gasteiger charge is 2.12. The number of benzene rings is 1. The predicted molar refractivity (Wildman–Crippen MR) is 81.3 cm³/mol. The summed E-state index contributed by atoms with van der Waals surface area (Å²) in [7, 11) is 0. The van der Waals surface area contributed by atoms with Gasteiger partial charge in [0.25, 0.3) is 5.91 Å². The summed E-state index contributed by atoms with van der Waals surface area (Å²) < 4.78 is 5.46. The summed E-state index contributed by atoms with van der Waals surface area (Å²) in [4.78, 5) is 12.0. The molecular weight excluding hydrogens is 252 g/mol. The van der Waals surface area contributed by atoms with Crippen LogP contribution in [0.4, 0.5) is 5.69 Å². The molecule has 0 saturated heterocycles. The molecule has 0 spiro atoms. The molecule has 2 N–H and O–H groups in total. The van der Waals surface area contributed by atoms with Crippen LogP contribution in [0, 0.1) is 0 Å². The lowest BCUT2D eigenvalue weighted by Crippen LogP contribution is -2.24. The van der Waals surface area contributed by atoms with E-state index in [4.69, 9.17) is 4.74 Å². The SMILES string of the molecule is CC(C)OCCCCNC(=O)c1ccc2c(c1)NCC2. The van der Waals surface area contributed by atoms with Gasteiger partial charge < -0.3 is 15.4 Å². The van der Waals surface area contributed by atoms with Gasteiger partial charge in [-0.25, -0.2) is 0 Å². The van der Waals surface area contributed by atoms with E-state index in [9.17, 15) is 4.79 Å². The van der Waals surface area contributed by atoms with Gasteiger partial charge >= 0.3 is 0 Å². The molecule has 0 bridgehead atoms. The van der Waals surface area contributed by atoms with Crippen LogP contribution in [-0.2, 0) is 11.2 Å². The van der Waals surface area contributed by atoms with Crippen LogP contribution in [0.5, 0.6) is 0 Å². The number of amides is 1. The average Bonchev–Trinajstić information content (AvgIpc) is 2.89. The number of nitrogens with one attached hydrogen (secondary N) is 2. The number of carbonyl (C=O) groups excluding carboxylic acids is 1. The number of carbonyl (C=O) groups is 1. The van der Waals surface area contributed by atoms with Crippen molar-refractivity contribution < 1.29 is 9.53 Å². The molecule has 0 aromatic heterocycles. The third-order valence-corrected chi connectivity index (χ3v) is 3.39. The summed E-state index contributed by atoms with van der Waals surface area (Å²) in [5, 5.41) is 6.25. The minimum atomic E-state index is 0.00581. The minimum Gasteiger partial charge on any atom is -0.384 e. The first kappa shape index (κ1) is 14.9. The van der Waals surface area contributed by atoms with Gasteiger partial charge in [-0.05, 0) is 50.8 Å². The molecule has 0 aliphatic carbocycles. The molecule has 1 amide bonds. The maximum atomic E-state index is 12.0. The van der Waals surface area contributed by atoms with Gasteiger partial charge in [0.15, 0.2) is 0 Å². The Bertz CT molecular complexity index is 458. The number of fused-ring (bicyclic) bond motifs is 1. The van der Waals surface area contributed by atoms with Crippen LogP contribution >= 0.6 is 0 Å². The van der Waals surface area contributed by atoms with Crippen LogP contribution in [0.1, 0.15) is 42.6 Å². The summed E-state index contributed by atoms with van der Waals surface area (Å²) >= 11 is 0. The van der Waals surface area contributed by atoms with E-state index in [0.717, 1.165) is 43.7 Å². The van der Waals surface area contributed by atoms with Crippen LogP contribution < -0.4 is 10.6 Å². The zero-order chi connectivity index (χ0) is 14.4. The third-order valence-electron chi connectivity index (χ3n) is 3.39. The molecule has 0 atom stereocenters. The molecular formula is C16H24N2O2. The second-order valence-electron chi connectivity index (χ2n) is 5.43. The molecule has 1 aliphatic heterocycles. The number of rotatable bonds is 7. The van der Waals surface area contributed by atoms with Gasteiger partial charge in [0.2, 0.25) is 0 Å². The van der Waals surface area contributed by atoms with E-state index in [1.807, 2.05) is 32.0 Å². The number of anilines is 1. The van der Waals surface area contributed by atoms with Crippen molar-refractivity contribution in [3.05, 3.63) is 29.3 Å². The van der Waals surface area contributed by atoms with Crippen molar-refractivity contribution in [2.75, 3.05) is 25.0 Å². The fourth-order valence-corrected chi connectivity index (χ4v) is 2.28. The Hall–Kier alpha value is -1.55. The van der Waals surface area contributed by atoms with Crippen LogP contribution in [0.15, 0.2) is 18.2 Å². The van der Waals surface area contributed by atoms with E-state index >= 15 is 0 Å². The van der Waals surface area contributed by atoms with E-state index in [-0.39, 0.29) is 12.0 Å². The maximum absolute atomic E-state index is 12.0. The van der Waals surface area contributed by atoms with Crippen molar-refractivity contribution in [1.82, 2.24) is 5.32 Å². The molecule has 20 heavy (non-hydrogen) atoms. The summed E-state index contributed by atoms with van der Waals surface area (Å²) in [5.74, 6) is 0.00581. The highest BCUT2D eigenvalue weighted by molar-refractivity contribution is 5.95. The van der Waals surface area contributed by atoms with Crippen molar-refractivity contribution in [3.63, 3.8) is 0 Å². The van der Waals surface area contributed by atoms with E-state index < -0.39 is 0 Å². The lowest BCUT2D eigenvalue weighted by molar-refractivity contribution is 0.0754. The molecule has 4 nitrogen and oxygen atoms in total. The Kier molecular flexibility index (Phi) is 5.41. The van der Waals surface area contributed by atoms with Crippen molar-refractivity contribution in [1.29, 1.82) is 0 Å². The van der Waals surface area contributed by atoms with Gasteiger partial charge in [0, 0.05) is 30.9 Å². The quantitative estimate of drug-likeness (QED) is 0.753. The van der Waals surface area contributed by atoms with Gasteiger partial charge in [-0.15, -0.1) is 0 Å². The molecule has 1 aromatic carbocycles. The molecule has 110 valence electrons. The number of unbranched alkanes of at least 4 members (excludes halogenated alkanes) is 1. The zero-order valence-corrected chi connectivity index (χ0v) is 12.4. The second kappa shape index (κ2) is 7.29. The van der Waals surface area contributed by atoms with Crippen molar-refractivity contribution in [2.24, 2.45) is 0 Å². The third kappa shape index (κ3) is 4.23. The zero-order valence-electron chi connectivity index (χ0n) is 12.4.